The molecule has 0 spiro atoms. The average molecular weight is 241 g/mol. The van der Waals surface area contributed by atoms with Crippen LogP contribution in [0.3, 0.4) is 0 Å². The van der Waals surface area contributed by atoms with E-state index in [2.05, 4.69) is 15.5 Å². The van der Waals surface area contributed by atoms with Crippen LogP contribution < -0.4 is 5.32 Å². The molecule has 1 amide bonds. The smallest absolute Gasteiger partial charge is 0.255 e. The van der Waals surface area contributed by atoms with Gasteiger partial charge in [-0.2, -0.15) is 5.10 Å². The van der Waals surface area contributed by atoms with Crippen LogP contribution in [-0.2, 0) is 9.47 Å². The number of ether oxygens (including phenoxy) is 2. The zero-order valence-electron chi connectivity index (χ0n) is 10.8. The van der Waals surface area contributed by atoms with Gasteiger partial charge in [0.25, 0.3) is 5.91 Å². The summed E-state index contributed by atoms with van der Waals surface area (Å²) in [7, 11) is 3.07. The first-order chi connectivity index (χ1) is 8.01. The lowest BCUT2D eigenvalue weighted by Crippen LogP contribution is -2.43. The predicted molar refractivity (Wildman–Crippen MR) is 62.8 cm³/mol. The molecule has 1 heterocycles. The monoisotopic (exact) mass is 241 g/mol. The number of nitrogens with one attached hydrogen (secondary N) is 2. The maximum absolute atomic E-state index is 12.0. The number of carbonyl (C=O) groups excluding carboxylic acids is 1. The van der Waals surface area contributed by atoms with Crippen LogP contribution in [0.1, 0.15) is 28.7 Å². The van der Waals surface area contributed by atoms with Gasteiger partial charge in [0, 0.05) is 19.9 Å². The Morgan fingerprint density at radius 3 is 2.35 bits per heavy atom. The maximum atomic E-state index is 12.0. The second-order valence-electron chi connectivity index (χ2n) is 3.91. The lowest BCUT2D eigenvalue weighted by molar-refractivity contribution is -0.117. The third kappa shape index (κ3) is 3.04. The number of carbonyl (C=O) groups is 1. The van der Waals surface area contributed by atoms with Crippen LogP contribution in [0, 0.1) is 13.8 Å². The highest BCUT2D eigenvalue weighted by atomic mass is 16.7. The lowest BCUT2D eigenvalue weighted by atomic mass is 10.1. The molecule has 2 N–H and O–H groups in total. The molecule has 0 saturated carbocycles. The summed E-state index contributed by atoms with van der Waals surface area (Å²) in [5, 5.41) is 9.57. The molecule has 0 bridgehead atoms. The van der Waals surface area contributed by atoms with Crippen molar-refractivity contribution in [2.75, 3.05) is 14.2 Å². The number of aryl methyl sites for hydroxylation is 2. The van der Waals surface area contributed by atoms with E-state index in [9.17, 15) is 4.79 Å². The van der Waals surface area contributed by atoms with Crippen molar-refractivity contribution in [1.29, 1.82) is 0 Å². The summed E-state index contributed by atoms with van der Waals surface area (Å²) in [5.74, 6) is -0.180. The van der Waals surface area contributed by atoms with Crippen molar-refractivity contribution < 1.29 is 14.3 Å². The van der Waals surface area contributed by atoms with Crippen molar-refractivity contribution in [3.05, 3.63) is 17.0 Å². The zero-order chi connectivity index (χ0) is 13.0. The minimum atomic E-state index is -0.466. The molecule has 0 aliphatic carbocycles. The van der Waals surface area contributed by atoms with Crippen molar-refractivity contribution >= 4 is 5.91 Å². The summed E-state index contributed by atoms with van der Waals surface area (Å²) >= 11 is 0. The van der Waals surface area contributed by atoms with Crippen molar-refractivity contribution in [2.24, 2.45) is 0 Å². The Bertz CT molecular complexity index is 366. The van der Waals surface area contributed by atoms with E-state index in [1.165, 1.54) is 14.2 Å². The molecule has 0 aromatic carbocycles. The number of amides is 1. The normalized spacial score (nSPS) is 12.8. The summed E-state index contributed by atoms with van der Waals surface area (Å²) in [6.45, 7) is 5.41. The van der Waals surface area contributed by atoms with Gasteiger partial charge in [-0.25, -0.2) is 0 Å². The van der Waals surface area contributed by atoms with Crippen LogP contribution in [0.15, 0.2) is 0 Å². The molecule has 1 unspecified atom stereocenters. The predicted octanol–water partition coefficient (Wildman–Crippen LogP) is 0.764. The minimum absolute atomic E-state index is 0.180. The SMILES string of the molecule is COC(OC)C(C)NC(=O)c1c(C)n[nH]c1C. The van der Waals surface area contributed by atoms with Gasteiger partial charge >= 0.3 is 0 Å². The molecule has 1 aromatic heterocycles. The Kier molecular flexibility index (Phi) is 4.65. The van der Waals surface area contributed by atoms with Crippen LogP contribution in [0.2, 0.25) is 0 Å². The number of hydrogen-bond acceptors (Lipinski definition) is 4. The Hall–Kier alpha value is -1.40. The largest absolute Gasteiger partial charge is 0.354 e. The Morgan fingerprint density at radius 2 is 1.94 bits per heavy atom. The average Bonchev–Trinajstić information content (AvgIpc) is 2.60. The second kappa shape index (κ2) is 5.79. The van der Waals surface area contributed by atoms with Crippen LogP contribution in [0.5, 0.6) is 0 Å². The topological polar surface area (TPSA) is 76.2 Å². The van der Waals surface area contributed by atoms with Crippen molar-refractivity contribution in [2.45, 2.75) is 33.1 Å². The van der Waals surface area contributed by atoms with Gasteiger partial charge in [-0.15, -0.1) is 0 Å². The standard InChI is InChI=1S/C11H19N3O3/c1-6-9(7(2)14-13-6)10(15)12-8(3)11(16-4)17-5/h8,11H,1-5H3,(H,12,15)(H,13,14). The zero-order valence-corrected chi connectivity index (χ0v) is 10.8. The maximum Gasteiger partial charge on any atom is 0.255 e. The Morgan fingerprint density at radius 1 is 1.35 bits per heavy atom. The Labute approximate surface area is 101 Å². The van der Waals surface area contributed by atoms with Crippen LogP contribution in [-0.4, -0.2) is 42.7 Å². The van der Waals surface area contributed by atoms with Gasteiger partial charge in [-0.3, -0.25) is 9.89 Å². The molecule has 1 rings (SSSR count). The molecule has 6 heteroatoms. The van der Waals surface area contributed by atoms with E-state index >= 15 is 0 Å². The molecule has 1 aromatic rings. The number of hydrogen-bond donors (Lipinski definition) is 2. The van der Waals surface area contributed by atoms with E-state index in [0.29, 0.717) is 11.3 Å². The van der Waals surface area contributed by atoms with Gasteiger partial charge < -0.3 is 14.8 Å². The third-order valence-corrected chi connectivity index (χ3v) is 2.59. The van der Waals surface area contributed by atoms with E-state index in [1.54, 1.807) is 6.92 Å². The fraction of sp³-hybridized carbons (Fsp3) is 0.636. The quantitative estimate of drug-likeness (QED) is 0.746. The van der Waals surface area contributed by atoms with Crippen molar-refractivity contribution in [3.8, 4) is 0 Å². The fourth-order valence-corrected chi connectivity index (χ4v) is 1.74. The van der Waals surface area contributed by atoms with E-state index in [0.717, 1.165) is 5.69 Å². The second-order valence-corrected chi connectivity index (χ2v) is 3.91. The lowest BCUT2D eigenvalue weighted by Gasteiger charge is -2.22. The van der Waals surface area contributed by atoms with E-state index in [4.69, 9.17) is 9.47 Å². The van der Waals surface area contributed by atoms with Crippen LogP contribution in [0.25, 0.3) is 0 Å². The fourth-order valence-electron chi connectivity index (χ4n) is 1.74. The number of aromatic amines is 1. The Balaban J connectivity index is 2.73. The molecule has 0 saturated heterocycles. The van der Waals surface area contributed by atoms with Gasteiger partial charge in [0.05, 0.1) is 17.3 Å². The summed E-state index contributed by atoms with van der Waals surface area (Å²) < 4.78 is 10.2. The van der Waals surface area contributed by atoms with Gasteiger partial charge in [0.2, 0.25) is 0 Å². The number of methoxy groups -OCH3 is 2. The molecule has 0 aliphatic heterocycles. The van der Waals surface area contributed by atoms with Gasteiger partial charge in [-0.05, 0) is 20.8 Å². The van der Waals surface area contributed by atoms with Crippen molar-refractivity contribution in [1.82, 2.24) is 15.5 Å². The summed E-state index contributed by atoms with van der Waals surface area (Å²) in [5.41, 5.74) is 2.00. The molecule has 0 fully saturated rings. The number of nitrogens with zero attached hydrogens (tertiary/aromatic N) is 1. The number of H-pyrrole nitrogens is 1. The van der Waals surface area contributed by atoms with Crippen LogP contribution in [0.4, 0.5) is 0 Å². The summed E-state index contributed by atoms with van der Waals surface area (Å²) in [6.07, 6.45) is -0.466. The molecule has 0 radical (unpaired) electrons. The first kappa shape index (κ1) is 13.7. The molecular formula is C11H19N3O3. The molecule has 6 nitrogen and oxygen atoms in total. The van der Waals surface area contributed by atoms with Gasteiger partial charge in [0.15, 0.2) is 6.29 Å². The highest BCUT2D eigenvalue weighted by molar-refractivity contribution is 5.96. The van der Waals surface area contributed by atoms with E-state index < -0.39 is 6.29 Å². The molecular weight excluding hydrogens is 222 g/mol. The van der Waals surface area contributed by atoms with Crippen molar-refractivity contribution in [3.63, 3.8) is 0 Å². The van der Waals surface area contributed by atoms with Crippen LogP contribution >= 0.6 is 0 Å². The third-order valence-electron chi connectivity index (χ3n) is 2.59. The number of rotatable bonds is 5. The summed E-state index contributed by atoms with van der Waals surface area (Å²) in [6, 6.07) is -0.244. The first-order valence-corrected chi connectivity index (χ1v) is 5.39. The van der Waals surface area contributed by atoms with E-state index in [1.807, 2.05) is 13.8 Å². The van der Waals surface area contributed by atoms with E-state index in [-0.39, 0.29) is 11.9 Å². The molecule has 96 valence electrons. The first-order valence-electron chi connectivity index (χ1n) is 5.39. The molecule has 1 atom stereocenters. The van der Waals surface area contributed by atoms with Gasteiger partial charge in [-0.1, -0.05) is 0 Å². The highest BCUT2D eigenvalue weighted by Gasteiger charge is 2.21. The molecule has 0 aliphatic rings. The number of aromatic nitrogens is 2. The summed E-state index contributed by atoms with van der Waals surface area (Å²) in [4.78, 5) is 12.0. The minimum Gasteiger partial charge on any atom is -0.354 e. The highest BCUT2D eigenvalue weighted by Crippen LogP contribution is 2.10. The van der Waals surface area contributed by atoms with Gasteiger partial charge in [0.1, 0.15) is 0 Å². The molecule has 17 heavy (non-hydrogen) atoms.